The summed E-state index contributed by atoms with van der Waals surface area (Å²) in [7, 11) is 12.0. The lowest BCUT2D eigenvalue weighted by Crippen LogP contribution is -2.13. The first kappa shape index (κ1) is 20.5. The van der Waals surface area contributed by atoms with E-state index < -0.39 is 0 Å². The maximum absolute atomic E-state index is 5.65. The molecule has 0 unspecified atom stereocenters. The molecule has 0 aromatic heterocycles. The van der Waals surface area contributed by atoms with Gasteiger partial charge in [0.15, 0.2) is 0 Å². The summed E-state index contributed by atoms with van der Waals surface area (Å²) < 4.78 is 11.3. The summed E-state index contributed by atoms with van der Waals surface area (Å²) in [4.78, 5) is 4.45. The standard InChI is InChI=1S/C22H34N2O2/c1-23(2)11-7-9-17-13-19-14-18(10-8-12-24(3)4)22(26-6)16-20(19)15-21(17)25-5/h13-16H,7-12H2,1-6H3. The van der Waals surface area contributed by atoms with Gasteiger partial charge in [-0.2, -0.15) is 0 Å². The lowest BCUT2D eigenvalue weighted by molar-refractivity contribution is 0.390. The summed E-state index contributed by atoms with van der Waals surface area (Å²) in [5.74, 6) is 1.94. The quantitative estimate of drug-likeness (QED) is 0.644. The maximum Gasteiger partial charge on any atom is 0.122 e. The summed E-state index contributed by atoms with van der Waals surface area (Å²) in [6, 6.07) is 8.87. The second-order valence-electron chi connectivity index (χ2n) is 7.49. The Morgan fingerprint density at radius 2 is 1.04 bits per heavy atom. The van der Waals surface area contributed by atoms with E-state index in [-0.39, 0.29) is 0 Å². The average molecular weight is 359 g/mol. The van der Waals surface area contributed by atoms with Crippen LogP contribution in [-0.2, 0) is 12.8 Å². The van der Waals surface area contributed by atoms with E-state index in [1.54, 1.807) is 14.2 Å². The fourth-order valence-corrected chi connectivity index (χ4v) is 3.34. The second-order valence-corrected chi connectivity index (χ2v) is 7.49. The van der Waals surface area contributed by atoms with Gasteiger partial charge >= 0.3 is 0 Å². The Labute approximate surface area is 158 Å². The fraction of sp³-hybridized carbons (Fsp3) is 0.545. The third kappa shape index (κ3) is 5.61. The Morgan fingerprint density at radius 1 is 0.654 bits per heavy atom. The van der Waals surface area contributed by atoms with Crippen LogP contribution in [-0.4, -0.2) is 65.3 Å². The molecule has 0 saturated heterocycles. The average Bonchev–Trinajstić information content (AvgIpc) is 2.59. The normalized spacial score (nSPS) is 11.5. The minimum absolute atomic E-state index is 0.971. The zero-order valence-corrected chi connectivity index (χ0v) is 17.3. The van der Waals surface area contributed by atoms with Gasteiger partial charge < -0.3 is 19.3 Å². The van der Waals surface area contributed by atoms with Crippen molar-refractivity contribution in [3.8, 4) is 11.5 Å². The molecule has 2 aromatic carbocycles. The number of methoxy groups -OCH3 is 2. The third-order valence-corrected chi connectivity index (χ3v) is 4.74. The van der Waals surface area contributed by atoms with Crippen molar-refractivity contribution in [2.24, 2.45) is 0 Å². The summed E-state index contributed by atoms with van der Waals surface area (Å²) >= 11 is 0. The van der Waals surface area contributed by atoms with Crippen molar-refractivity contribution in [3.05, 3.63) is 35.4 Å². The van der Waals surface area contributed by atoms with E-state index in [0.29, 0.717) is 0 Å². The van der Waals surface area contributed by atoms with E-state index >= 15 is 0 Å². The fourth-order valence-electron chi connectivity index (χ4n) is 3.34. The molecule has 0 saturated carbocycles. The van der Waals surface area contributed by atoms with Crippen molar-refractivity contribution in [1.29, 1.82) is 0 Å². The number of rotatable bonds is 10. The highest BCUT2D eigenvalue weighted by Crippen LogP contribution is 2.32. The van der Waals surface area contributed by atoms with Crippen molar-refractivity contribution < 1.29 is 9.47 Å². The number of nitrogens with zero attached hydrogens (tertiary/aromatic N) is 2. The van der Waals surface area contributed by atoms with Gasteiger partial charge in [0.2, 0.25) is 0 Å². The van der Waals surface area contributed by atoms with Gasteiger partial charge in [0, 0.05) is 0 Å². The molecule has 0 spiro atoms. The van der Waals surface area contributed by atoms with Crippen molar-refractivity contribution in [2.45, 2.75) is 25.7 Å². The predicted molar refractivity (Wildman–Crippen MR) is 111 cm³/mol. The summed E-state index contributed by atoms with van der Waals surface area (Å²) in [5, 5.41) is 2.44. The minimum Gasteiger partial charge on any atom is -0.496 e. The first-order valence-electron chi connectivity index (χ1n) is 9.41. The monoisotopic (exact) mass is 358 g/mol. The number of ether oxygens (including phenoxy) is 2. The summed E-state index contributed by atoms with van der Waals surface area (Å²) in [6.07, 6.45) is 4.31. The van der Waals surface area contributed by atoms with Gasteiger partial charge in [0.05, 0.1) is 14.2 Å². The van der Waals surface area contributed by atoms with Gasteiger partial charge in [0.1, 0.15) is 11.5 Å². The highest BCUT2D eigenvalue weighted by molar-refractivity contribution is 5.87. The zero-order valence-electron chi connectivity index (χ0n) is 17.3. The molecule has 26 heavy (non-hydrogen) atoms. The molecule has 2 aromatic rings. The Morgan fingerprint density at radius 3 is 1.38 bits per heavy atom. The van der Waals surface area contributed by atoms with Gasteiger partial charge in [0.25, 0.3) is 0 Å². The lowest BCUT2D eigenvalue weighted by Gasteiger charge is -2.15. The first-order chi connectivity index (χ1) is 12.4. The van der Waals surface area contributed by atoms with Gasteiger partial charge in [-0.05, 0) is 113 Å². The van der Waals surface area contributed by atoms with Crippen LogP contribution in [0.4, 0.5) is 0 Å². The van der Waals surface area contributed by atoms with Crippen LogP contribution in [0.1, 0.15) is 24.0 Å². The van der Waals surface area contributed by atoms with Crippen LogP contribution in [0.25, 0.3) is 10.8 Å². The van der Waals surface area contributed by atoms with Gasteiger partial charge in [-0.1, -0.05) is 0 Å². The van der Waals surface area contributed by atoms with Crippen molar-refractivity contribution in [3.63, 3.8) is 0 Å². The van der Waals surface area contributed by atoms with Crippen LogP contribution in [0, 0.1) is 0 Å². The van der Waals surface area contributed by atoms with Crippen molar-refractivity contribution in [1.82, 2.24) is 9.80 Å². The van der Waals surface area contributed by atoms with E-state index in [4.69, 9.17) is 9.47 Å². The largest absolute Gasteiger partial charge is 0.496 e. The molecule has 4 nitrogen and oxygen atoms in total. The van der Waals surface area contributed by atoms with Crippen LogP contribution in [0.15, 0.2) is 24.3 Å². The van der Waals surface area contributed by atoms with E-state index in [2.05, 4.69) is 62.3 Å². The Hall–Kier alpha value is -1.78. The molecule has 0 aliphatic rings. The summed E-state index contributed by atoms with van der Waals surface area (Å²) in [5.41, 5.74) is 2.57. The molecule has 0 atom stereocenters. The topological polar surface area (TPSA) is 24.9 Å². The van der Waals surface area contributed by atoms with Crippen LogP contribution in [0.5, 0.6) is 11.5 Å². The van der Waals surface area contributed by atoms with Crippen molar-refractivity contribution >= 4 is 10.8 Å². The first-order valence-corrected chi connectivity index (χ1v) is 9.41. The number of fused-ring (bicyclic) bond motifs is 1. The molecular formula is C22H34N2O2. The number of hydrogen-bond acceptors (Lipinski definition) is 4. The van der Waals surface area contributed by atoms with E-state index in [1.165, 1.54) is 21.9 Å². The van der Waals surface area contributed by atoms with Crippen LogP contribution < -0.4 is 9.47 Å². The van der Waals surface area contributed by atoms with Crippen LogP contribution in [0.3, 0.4) is 0 Å². The highest BCUT2D eigenvalue weighted by Gasteiger charge is 2.11. The minimum atomic E-state index is 0.971. The molecule has 0 fully saturated rings. The van der Waals surface area contributed by atoms with Crippen LogP contribution in [0.2, 0.25) is 0 Å². The molecule has 0 aliphatic carbocycles. The highest BCUT2D eigenvalue weighted by atomic mass is 16.5. The summed E-state index contributed by atoms with van der Waals surface area (Å²) in [6.45, 7) is 2.17. The van der Waals surface area contributed by atoms with Gasteiger partial charge in [-0.3, -0.25) is 0 Å². The van der Waals surface area contributed by atoms with E-state index in [1.807, 2.05) is 0 Å². The number of hydrogen-bond donors (Lipinski definition) is 0. The lowest BCUT2D eigenvalue weighted by atomic mass is 9.98. The Kier molecular flexibility index (Phi) is 7.73. The van der Waals surface area contributed by atoms with Crippen LogP contribution >= 0.6 is 0 Å². The molecule has 0 N–H and O–H groups in total. The third-order valence-electron chi connectivity index (χ3n) is 4.74. The van der Waals surface area contributed by atoms with Gasteiger partial charge in [-0.25, -0.2) is 0 Å². The van der Waals surface area contributed by atoms with Gasteiger partial charge in [-0.15, -0.1) is 0 Å². The van der Waals surface area contributed by atoms with E-state index in [9.17, 15) is 0 Å². The molecule has 2 rings (SSSR count). The molecule has 0 amide bonds. The molecule has 0 bridgehead atoms. The van der Waals surface area contributed by atoms with E-state index in [0.717, 1.165) is 50.3 Å². The zero-order chi connectivity index (χ0) is 19.1. The Bertz CT molecular complexity index is 654. The molecule has 4 heteroatoms. The Balaban J connectivity index is 2.30. The number of benzene rings is 2. The molecule has 0 aliphatic heterocycles. The molecule has 144 valence electrons. The number of aryl methyl sites for hydroxylation is 2. The maximum atomic E-state index is 5.65. The molecule has 0 heterocycles. The molecule has 0 radical (unpaired) electrons. The SMILES string of the molecule is COc1cc2cc(OC)c(CCCN(C)C)cc2cc1CCCN(C)C. The smallest absolute Gasteiger partial charge is 0.122 e. The predicted octanol–water partition coefficient (Wildman–Crippen LogP) is 3.85. The van der Waals surface area contributed by atoms with Crippen molar-refractivity contribution in [2.75, 3.05) is 55.5 Å². The second kappa shape index (κ2) is 9.79. The molecular weight excluding hydrogens is 324 g/mol.